The maximum Gasteiger partial charge on any atom is 0.128 e. The SMILES string of the molecule is Cc1ccc(Nc2cc(F)c(C)cc2Cl)c(N)c1. The highest BCUT2D eigenvalue weighted by Gasteiger charge is 2.07. The lowest BCUT2D eigenvalue weighted by Crippen LogP contribution is -1.98. The van der Waals surface area contributed by atoms with Crippen LogP contribution in [-0.2, 0) is 0 Å². The third kappa shape index (κ3) is 2.57. The molecule has 0 saturated carbocycles. The highest BCUT2D eigenvalue weighted by atomic mass is 35.5. The molecule has 0 aliphatic heterocycles. The number of rotatable bonds is 2. The first-order chi connectivity index (χ1) is 8.47. The number of benzene rings is 2. The highest BCUT2D eigenvalue weighted by Crippen LogP contribution is 2.30. The van der Waals surface area contributed by atoms with Crippen LogP contribution >= 0.6 is 11.6 Å². The quantitative estimate of drug-likeness (QED) is 0.788. The van der Waals surface area contributed by atoms with Gasteiger partial charge in [-0.25, -0.2) is 4.39 Å². The summed E-state index contributed by atoms with van der Waals surface area (Å²) in [7, 11) is 0. The highest BCUT2D eigenvalue weighted by molar-refractivity contribution is 6.33. The zero-order chi connectivity index (χ0) is 13.3. The predicted octanol–water partition coefficient (Wildman–Crippen LogP) is 4.42. The number of hydrogen-bond acceptors (Lipinski definition) is 2. The lowest BCUT2D eigenvalue weighted by atomic mass is 10.1. The molecule has 0 radical (unpaired) electrons. The summed E-state index contributed by atoms with van der Waals surface area (Å²) in [5, 5.41) is 3.51. The van der Waals surface area contributed by atoms with Crippen LogP contribution in [0.1, 0.15) is 11.1 Å². The monoisotopic (exact) mass is 264 g/mol. The van der Waals surface area contributed by atoms with Crippen molar-refractivity contribution < 1.29 is 4.39 Å². The van der Waals surface area contributed by atoms with Crippen molar-refractivity contribution in [3.05, 3.63) is 52.3 Å². The summed E-state index contributed by atoms with van der Waals surface area (Å²) in [4.78, 5) is 0. The van der Waals surface area contributed by atoms with E-state index in [1.54, 1.807) is 13.0 Å². The van der Waals surface area contributed by atoms with E-state index in [1.165, 1.54) is 6.07 Å². The molecule has 0 heterocycles. The minimum Gasteiger partial charge on any atom is -0.397 e. The lowest BCUT2D eigenvalue weighted by molar-refractivity contribution is 0.619. The Hall–Kier alpha value is -1.74. The van der Waals surface area contributed by atoms with Gasteiger partial charge >= 0.3 is 0 Å². The normalized spacial score (nSPS) is 10.4. The van der Waals surface area contributed by atoms with E-state index >= 15 is 0 Å². The molecule has 18 heavy (non-hydrogen) atoms. The molecule has 3 N–H and O–H groups in total. The van der Waals surface area contributed by atoms with Gasteiger partial charge in [-0.1, -0.05) is 17.7 Å². The number of halogens is 2. The average Bonchev–Trinajstić information content (AvgIpc) is 2.29. The molecular formula is C14H14ClFN2. The van der Waals surface area contributed by atoms with Gasteiger partial charge in [0.2, 0.25) is 0 Å². The fourth-order valence-corrected chi connectivity index (χ4v) is 1.95. The molecule has 0 aliphatic carbocycles. The van der Waals surface area contributed by atoms with Crippen LogP contribution in [0, 0.1) is 19.7 Å². The topological polar surface area (TPSA) is 38.0 Å². The van der Waals surface area contributed by atoms with Crippen LogP contribution in [0.15, 0.2) is 30.3 Å². The largest absolute Gasteiger partial charge is 0.397 e. The van der Waals surface area contributed by atoms with Gasteiger partial charge in [0.25, 0.3) is 0 Å². The Morgan fingerprint density at radius 3 is 2.50 bits per heavy atom. The number of hydrogen-bond donors (Lipinski definition) is 2. The van der Waals surface area contributed by atoms with Gasteiger partial charge in [0.1, 0.15) is 5.82 Å². The van der Waals surface area contributed by atoms with E-state index in [1.807, 2.05) is 25.1 Å². The fourth-order valence-electron chi connectivity index (χ4n) is 1.68. The molecule has 94 valence electrons. The van der Waals surface area contributed by atoms with E-state index in [9.17, 15) is 4.39 Å². The number of aryl methyl sites for hydroxylation is 2. The summed E-state index contributed by atoms with van der Waals surface area (Å²) in [6.45, 7) is 3.63. The van der Waals surface area contributed by atoms with Gasteiger partial charge in [-0.3, -0.25) is 0 Å². The van der Waals surface area contributed by atoms with Gasteiger partial charge in [0.05, 0.1) is 22.1 Å². The van der Waals surface area contributed by atoms with Crippen molar-refractivity contribution in [3.63, 3.8) is 0 Å². The van der Waals surface area contributed by atoms with Gasteiger partial charge < -0.3 is 11.1 Å². The molecule has 0 atom stereocenters. The summed E-state index contributed by atoms with van der Waals surface area (Å²) in [6, 6.07) is 8.58. The number of anilines is 3. The summed E-state index contributed by atoms with van der Waals surface area (Å²) < 4.78 is 13.5. The third-order valence-corrected chi connectivity index (χ3v) is 3.04. The molecule has 0 saturated heterocycles. The molecule has 0 bridgehead atoms. The van der Waals surface area contributed by atoms with Crippen LogP contribution in [0.2, 0.25) is 5.02 Å². The van der Waals surface area contributed by atoms with E-state index in [-0.39, 0.29) is 5.82 Å². The zero-order valence-electron chi connectivity index (χ0n) is 10.2. The molecule has 0 aromatic heterocycles. The maximum atomic E-state index is 13.5. The van der Waals surface area contributed by atoms with E-state index < -0.39 is 0 Å². The first-order valence-corrected chi connectivity index (χ1v) is 5.94. The standard InChI is InChI=1S/C14H14ClFN2/c1-8-3-4-13(12(17)5-8)18-14-7-11(16)9(2)6-10(14)15/h3-7,18H,17H2,1-2H3. The van der Waals surface area contributed by atoms with Gasteiger partial charge in [-0.2, -0.15) is 0 Å². The average molecular weight is 265 g/mol. The molecular weight excluding hydrogens is 251 g/mol. The smallest absolute Gasteiger partial charge is 0.128 e. The second kappa shape index (κ2) is 4.86. The number of nitrogen functional groups attached to an aromatic ring is 1. The van der Waals surface area contributed by atoms with Crippen molar-refractivity contribution >= 4 is 28.7 Å². The Morgan fingerprint density at radius 1 is 1.11 bits per heavy atom. The Bertz CT molecular complexity index is 597. The predicted molar refractivity (Wildman–Crippen MR) is 75.0 cm³/mol. The van der Waals surface area contributed by atoms with Crippen LogP contribution < -0.4 is 11.1 Å². The van der Waals surface area contributed by atoms with E-state index in [0.717, 1.165) is 5.56 Å². The second-order valence-corrected chi connectivity index (χ2v) is 4.70. The zero-order valence-corrected chi connectivity index (χ0v) is 11.0. The molecule has 4 heteroatoms. The van der Waals surface area contributed by atoms with Crippen LogP contribution in [0.4, 0.5) is 21.5 Å². The maximum absolute atomic E-state index is 13.5. The van der Waals surface area contributed by atoms with Crippen LogP contribution in [0.25, 0.3) is 0 Å². The molecule has 0 fully saturated rings. The Labute approximate surface area is 111 Å². The molecule has 0 spiro atoms. The van der Waals surface area contributed by atoms with E-state index in [0.29, 0.717) is 27.6 Å². The van der Waals surface area contributed by atoms with Gasteiger partial charge in [-0.05, 0) is 49.2 Å². The first-order valence-electron chi connectivity index (χ1n) is 5.56. The number of nitrogens with two attached hydrogens (primary N) is 1. The molecule has 2 rings (SSSR count). The summed E-state index contributed by atoms with van der Waals surface area (Å²) in [6.07, 6.45) is 0. The molecule has 2 aromatic carbocycles. The summed E-state index contributed by atoms with van der Waals surface area (Å²) in [5.74, 6) is -0.299. The summed E-state index contributed by atoms with van der Waals surface area (Å²) in [5.41, 5.74) is 9.30. The fraction of sp³-hybridized carbons (Fsp3) is 0.143. The van der Waals surface area contributed by atoms with Crippen molar-refractivity contribution in [1.29, 1.82) is 0 Å². The molecule has 2 nitrogen and oxygen atoms in total. The Morgan fingerprint density at radius 2 is 1.83 bits per heavy atom. The minimum absolute atomic E-state index is 0.299. The minimum atomic E-state index is -0.299. The van der Waals surface area contributed by atoms with Gasteiger partial charge in [-0.15, -0.1) is 0 Å². The Balaban J connectivity index is 2.37. The Kier molecular flexibility index (Phi) is 3.43. The molecule has 2 aromatic rings. The van der Waals surface area contributed by atoms with Crippen molar-refractivity contribution in [2.75, 3.05) is 11.1 Å². The first kappa shape index (κ1) is 12.7. The van der Waals surface area contributed by atoms with Crippen LogP contribution in [0.3, 0.4) is 0 Å². The molecule has 0 unspecified atom stereocenters. The van der Waals surface area contributed by atoms with E-state index in [4.69, 9.17) is 17.3 Å². The van der Waals surface area contributed by atoms with Crippen LogP contribution in [-0.4, -0.2) is 0 Å². The van der Waals surface area contributed by atoms with Crippen molar-refractivity contribution in [2.24, 2.45) is 0 Å². The summed E-state index contributed by atoms with van der Waals surface area (Å²) >= 11 is 6.07. The van der Waals surface area contributed by atoms with E-state index in [2.05, 4.69) is 5.32 Å². The van der Waals surface area contributed by atoms with Crippen molar-refractivity contribution in [1.82, 2.24) is 0 Å². The van der Waals surface area contributed by atoms with Crippen molar-refractivity contribution in [2.45, 2.75) is 13.8 Å². The van der Waals surface area contributed by atoms with Crippen molar-refractivity contribution in [3.8, 4) is 0 Å². The van der Waals surface area contributed by atoms with Crippen LogP contribution in [0.5, 0.6) is 0 Å². The van der Waals surface area contributed by atoms with Gasteiger partial charge in [0, 0.05) is 0 Å². The number of nitrogens with one attached hydrogen (secondary N) is 1. The molecule has 0 amide bonds. The second-order valence-electron chi connectivity index (χ2n) is 4.30. The third-order valence-electron chi connectivity index (χ3n) is 2.72. The lowest BCUT2D eigenvalue weighted by Gasteiger charge is -2.12. The molecule has 0 aliphatic rings. The van der Waals surface area contributed by atoms with Gasteiger partial charge in [0.15, 0.2) is 0 Å².